The number of allylic oxidation sites excluding steroid dienone is 1. The summed E-state index contributed by atoms with van der Waals surface area (Å²) in [5.74, 6) is -1.23. The topological polar surface area (TPSA) is 75.7 Å². The van der Waals surface area contributed by atoms with Crippen LogP contribution in [0.5, 0.6) is 5.75 Å². The Morgan fingerprint density at radius 1 is 1.00 bits per heavy atom. The summed E-state index contributed by atoms with van der Waals surface area (Å²) in [7, 11) is 0. The number of hydrogen-bond acceptors (Lipinski definition) is 4. The second-order valence-electron chi connectivity index (χ2n) is 8.26. The Balaban J connectivity index is 1.61. The number of urea groups is 1. The fourth-order valence-electron chi connectivity index (χ4n) is 3.87. The summed E-state index contributed by atoms with van der Waals surface area (Å²) in [5.41, 5.74) is 3.33. The van der Waals surface area contributed by atoms with Crippen molar-refractivity contribution < 1.29 is 23.5 Å². The molecule has 3 aromatic carbocycles. The molecule has 1 saturated heterocycles. The number of carbonyl (C=O) groups is 3. The minimum absolute atomic E-state index is 0.160. The summed E-state index contributed by atoms with van der Waals surface area (Å²) in [5, 5.41) is 2.24. The van der Waals surface area contributed by atoms with Crippen LogP contribution in [-0.4, -0.2) is 17.8 Å². The number of barbiturate groups is 1. The van der Waals surface area contributed by atoms with E-state index in [0.29, 0.717) is 29.0 Å². The van der Waals surface area contributed by atoms with Crippen molar-refractivity contribution in [1.29, 1.82) is 0 Å². The zero-order chi connectivity index (χ0) is 25.7. The number of aryl methyl sites for hydroxylation is 1. The van der Waals surface area contributed by atoms with Gasteiger partial charge in [-0.05, 0) is 77.6 Å². The van der Waals surface area contributed by atoms with E-state index in [0.717, 1.165) is 22.4 Å². The molecule has 1 aliphatic rings. The number of amides is 4. The Kier molecular flexibility index (Phi) is 7.39. The summed E-state index contributed by atoms with van der Waals surface area (Å²) in [6, 6.07) is 17.6. The van der Waals surface area contributed by atoms with Crippen LogP contribution in [0.15, 0.2) is 85.0 Å². The van der Waals surface area contributed by atoms with Crippen molar-refractivity contribution in [3.63, 3.8) is 0 Å². The molecule has 0 bridgehead atoms. The highest BCUT2D eigenvalue weighted by atomic mass is 19.1. The van der Waals surface area contributed by atoms with E-state index in [1.54, 1.807) is 48.5 Å². The first kappa shape index (κ1) is 24.6. The molecule has 3 aromatic rings. The average Bonchev–Trinajstić information content (AvgIpc) is 2.86. The Morgan fingerprint density at radius 2 is 1.78 bits per heavy atom. The van der Waals surface area contributed by atoms with Gasteiger partial charge in [-0.1, -0.05) is 43.3 Å². The van der Waals surface area contributed by atoms with E-state index < -0.39 is 17.8 Å². The van der Waals surface area contributed by atoms with Gasteiger partial charge in [-0.3, -0.25) is 14.9 Å². The molecule has 0 radical (unpaired) electrons. The molecule has 1 heterocycles. The lowest BCUT2D eigenvalue weighted by molar-refractivity contribution is -0.122. The molecular weight excluding hydrogens is 459 g/mol. The van der Waals surface area contributed by atoms with Crippen LogP contribution < -0.4 is 15.0 Å². The third-order valence-corrected chi connectivity index (χ3v) is 5.75. The summed E-state index contributed by atoms with van der Waals surface area (Å²) in [4.78, 5) is 39.1. The maximum absolute atomic E-state index is 13.5. The summed E-state index contributed by atoms with van der Waals surface area (Å²) < 4.78 is 19.4. The van der Waals surface area contributed by atoms with Gasteiger partial charge in [-0.25, -0.2) is 14.1 Å². The van der Waals surface area contributed by atoms with Crippen LogP contribution in [0.25, 0.3) is 6.08 Å². The van der Waals surface area contributed by atoms with E-state index in [9.17, 15) is 18.8 Å². The van der Waals surface area contributed by atoms with Gasteiger partial charge in [0.05, 0.1) is 5.69 Å². The first-order valence-electron chi connectivity index (χ1n) is 11.5. The summed E-state index contributed by atoms with van der Waals surface area (Å²) in [6.45, 7) is 5.96. The number of hydrogen-bond donors (Lipinski definition) is 1. The van der Waals surface area contributed by atoms with Crippen molar-refractivity contribution in [2.75, 3.05) is 4.90 Å². The Bertz CT molecular complexity index is 1360. The molecule has 7 heteroatoms. The molecule has 182 valence electrons. The number of carbonyl (C=O) groups excluding carboxylic acids is 3. The molecule has 0 unspecified atom stereocenters. The number of imide groups is 2. The normalized spacial score (nSPS) is 14.7. The highest BCUT2D eigenvalue weighted by Gasteiger charge is 2.36. The molecular formula is C29H25FN2O4. The monoisotopic (exact) mass is 484 g/mol. The van der Waals surface area contributed by atoms with Crippen molar-refractivity contribution in [1.82, 2.24) is 5.32 Å². The lowest BCUT2D eigenvalue weighted by atomic mass is 10.0. The second-order valence-corrected chi connectivity index (χ2v) is 8.26. The van der Waals surface area contributed by atoms with Crippen LogP contribution >= 0.6 is 0 Å². The van der Waals surface area contributed by atoms with Crippen LogP contribution in [-0.2, 0) is 29.0 Å². The SMILES string of the molecule is C=CCc1cc(/C=C2/C(=O)NC(=O)N(c3ccc(CC)cc3)C2=O)ccc1OCc1cccc(F)c1. The van der Waals surface area contributed by atoms with Crippen molar-refractivity contribution >= 4 is 29.6 Å². The Labute approximate surface area is 208 Å². The average molecular weight is 485 g/mol. The first-order valence-corrected chi connectivity index (χ1v) is 11.5. The molecule has 0 saturated carbocycles. The molecule has 6 nitrogen and oxygen atoms in total. The number of benzene rings is 3. The molecule has 0 aromatic heterocycles. The van der Waals surface area contributed by atoms with Crippen LogP contribution in [0.3, 0.4) is 0 Å². The second kappa shape index (κ2) is 10.8. The molecule has 1 N–H and O–H groups in total. The minimum Gasteiger partial charge on any atom is -0.489 e. The molecule has 0 spiro atoms. The fraction of sp³-hybridized carbons (Fsp3) is 0.138. The molecule has 4 amide bonds. The van der Waals surface area contributed by atoms with Crippen LogP contribution in [0.4, 0.5) is 14.9 Å². The van der Waals surface area contributed by atoms with Gasteiger partial charge < -0.3 is 4.74 Å². The number of nitrogens with one attached hydrogen (secondary N) is 1. The standard InChI is InChI=1S/C29H25FN2O4/c1-3-6-22-15-20(11-14-26(22)36-18-21-7-5-8-23(30)16-21)17-25-27(33)31-29(35)32(28(25)34)24-12-9-19(4-2)10-13-24/h3,5,7-17H,1,4,6,18H2,2H3,(H,31,33,35)/b25-17-. The van der Waals surface area contributed by atoms with E-state index in [1.165, 1.54) is 18.2 Å². The Morgan fingerprint density at radius 3 is 2.47 bits per heavy atom. The third-order valence-electron chi connectivity index (χ3n) is 5.75. The van der Waals surface area contributed by atoms with E-state index >= 15 is 0 Å². The van der Waals surface area contributed by atoms with Gasteiger partial charge >= 0.3 is 6.03 Å². The molecule has 0 atom stereocenters. The highest BCUT2D eigenvalue weighted by molar-refractivity contribution is 6.39. The number of anilines is 1. The molecule has 0 aliphatic carbocycles. The van der Waals surface area contributed by atoms with Crippen LogP contribution in [0, 0.1) is 5.82 Å². The predicted molar refractivity (Wildman–Crippen MR) is 136 cm³/mol. The van der Waals surface area contributed by atoms with Gasteiger partial charge in [-0.2, -0.15) is 0 Å². The van der Waals surface area contributed by atoms with Gasteiger partial charge in [0, 0.05) is 0 Å². The highest BCUT2D eigenvalue weighted by Crippen LogP contribution is 2.26. The smallest absolute Gasteiger partial charge is 0.335 e. The number of halogens is 1. The number of nitrogens with zero attached hydrogens (tertiary/aromatic N) is 1. The van der Waals surface area contributed by atoms with Gasteiger partial charge in [0.25, 0.3) is 11.8 Å². The zero-order valence-corrected chi connectivity index (χ0v) is 19.8. The van der Waals surface area contributed by atoms with Crippen LogP contribution in [0.1, 0.15) is 29.2 Å². The minimum atomic E-state index is -0.792. The largest absolute Gasteiger partial charge is 0.489 e. The summed E-state index contributed by atoms with van der Waals surface area (Å²) in [6.07, 6.45) is 4.45. The lowest BCUT2D eigenvalue weighted by Gasteiger charge is -2.26. The van der Waals surface area contributed by atoms with E-state index in [-0.39, 0.29) is 18.0 Å². The Hall–Kier alpha value is -4.52. The van der Waals surface area contributed by atoms with Crippen molar-refractivity contribution in [2.24, 2.45) is 0 Å². The van der Waals surface area contributed by atoms with E-state index in [2.05, 4.69) is 11.9 Å². The first-order chi connectivity index (χ1) is 17.4. The van der Waals surface area contributed by atoms with Gasteiger partial charge in [0.2, 0.25) is 0 Å². The van der Waals surface area contributed by atoms with Crippen molar-refractivity contribution in [2.45, 2.75) is 26.4 Å². The van der Waals surface area contributed by atoms with Gasteiger partial charge in [-0.15, -0.1) is 6.58 Å². The van der Waals surface area contributed by atoms with Crippen molar-refractivity contribution in [3.8, 4) is 5.75 Å². The third kappa shape index (κ3) is 5.41. The van der Waals surface area contributed by atoms with Crippen molar-refractivity contribution in [3.05, 3.63) is 113 Å². The van der Waals surface area contributed by atoms with Crippen LogP contribution in [0.2, 0.25) is 0 Å². The van der Waals surface area contributed by atoms with Gasteiger partial charge in [0.15, 0.2) is 0 Å². The van der Waals surface area contributed by atoms with E-state index in [4.69, 9.17) is 4.74 Å². The van der Waals surface area contributed by atoms with E-state index in [1.807, 2.05) is 19.1 Å². The zero-order valence-electron chi connectivity index (χ0n) is 19.8. The molecule has 1 fully saturated rings. The molecule has 36 heavy (non-hydrogen) atoms. The maximum atomic E-state index is 13.5. The fourth-order valence-corrected chi connectivity index (χ4v) is 3.87. The number of rotatable bonds is 8. The molecule has 1 aliphatic heterocycles. The predicted octanol–water partition coefficient (Wildman–Crippen LogP) is 5.36. The number of ether oxygens (including phenoxy) is 1. The van der Waals surface area contributed by atoms with Gasteiger partial charge in [0.1, 0.15) is 23.7 Å². The molecule has 4 rings (SSSR count). The quantitative estimate of drug-likeness (QED) is 0.265. The lowest BCUT2D eigenvalue weighted by Crippen LogP contribution is -2.54. The maximum Gasteiger partial charge on any atom is 0.335 e. The summed E-state index contributed by atoms with van der Waals surface area (Å²) >= 11 is 0.